The number of hydrogen-bond donors (Lipinski definition) is 1. The Hall–Kier alpha value is -1.36. The summed E-state index contributed by atoms with van der Waals surface area (Å²) in [5.41, 5.74) is 0.299. The van der Waals surface area contributed by atoms with Crippen molar-refractivity contribution in [2.45, 2.75) is 57.4 Å². The zero-order chi connectivity index (χ0) is 15.0. The molecule has 1 aromatic rings. The molecule has 0 bridgehead atoms. The van der Waals surface area contributed by atoms with Gasteiger partial charge in [0, 0.05) is 11.4 Å². The molecule has 1 fully saturated rings. The van der Waals surface area contributed by atoms with Crippen molar-refractivity contribution in [3.8, 4) is 0 Å². The molecule has 2 heterocycles. The number of likely N-dealkylation sites (tertiary alicyclic amines) is 1. The van der Waals surface area contributed by atoms with Crippen LogP contribution in [-0.4, -0.2) is 34.0 Å². The lowest BCUT2D eigenvalue weighted by molar-refractivity contribution is -0.148. The normalized spacial score (nSPS) is 24.9. The number of carbonyl (C=O) groups excluding carboxylic acids is 1. The van der Waals surface area contributed by atoms with Gasteiger partial charge in [0.15, 0.2) is 0 Å². The molecule has 4 nitrogen and oxygen atoms in total. The summed E-state index contributed by atoms with van der Waals surface area (Å²) in [7, 11) is 0. The molecule has 1 amide bonds. The van der Waals surface area contributed by atoms with E-state index in [0.29, 0.717) is 19.4 Å². The summed E-state index contributed by atoms with van der Waals surface area (Å²) in [5.74, 6) is -0.951. The Labute approximate surface area is 128 Å². The van der Waals surface area contributed by atoms with Crippen molar-refractivity contribution in [1.29, 1.82) is 0 Å². The molecule has 3 rings (SSSR count). The Morgan fingerprint density at radius 3 is 2.76 bits per heavy atom. The fourth-order valence-electron chi connectivity index (χ4n) is 3.64. The topological polar surface area (TPSA) is 57.6 Å². The van der Waals surface area contributed by atoms with Gasteiger partial charge in [0.1, 0.15) is 5.54 Å². The van der Waals surface area contributed by atoms with Gasteiger partial charge < -0.3 is 10.0 Å². The van der Waals surface area contributed by atoms with E-state index in [1.54, 1.807) is 16.2 Å². The predicted octanol–water partition coefficient (Wildman–Crippen LogP) is 3.10. The van der Waals surface area contributed by atoms with Gasteiger partial charge in [-0.15, -0.1) is 11.3 Å². The summed E-state index contributed by atoms with van der Waals surface area (Å²) in [5, 5.41) is 9.60. The van der Waals surface area contributed by atoms with Gasteiger partial charge >= 0.3 is 5.97 Å². The second-order valence-electron chi connectivity index (χ2n) is 6.02. The minimum atomic E-state index is -0.998. The number of carboxylic acids is 1. The largest absolute Gasteiger partial charge is 0.479 e. The number of amides is 1. The molecule has 1 N–H and O–H groups in total. The van der Waals surface area contributed by atoms with Crippen LogP contribution >= 0.6 is 11.3 Å². The highest BCUT2D eigenvalue weighted by Crippen LogP contribution is 2.37. The maximum Gasteiger partial charge on any atom is 0.329 e. The minimum absolute atomic E-state index is 0.0869. The first-order valence-electron chi connectivity index (χ1n) is 7.75. The van der Waals surface area contributed by atoms with Crippen molar-refractivity contribution < 1.29 is 14.7 Å². The Balaban J connectivity index is 1.90. The Morgan fingerprint density at radius 2 is 2.10 bits per heavy atom. The first kappa shape index (κ1) is 14.6. The molecule has 5 heteroatoms. The second kappa shape index (κ2) is 5.44. The Morgan fingerprint density at radius 1 is 1.33 bits per heavy atom. The molecule has 0 spiro atoms. The summed E-state index contributed by atoms with van der Waals surface area (Å²) in [6, 6.07) is 2.00. The van der Waals surface area contributed by atoms with Crippen molar-refractivity contribution in [3.63, 3.8) is 0 Å². The number of aryl methyl sites for hydroxylation is 2. The lowest BCUT2D eigenvalue weighted by Crippen LogP contribution is -2.52. The number of thiophene rings is 1. The fourth-order valence-corrected chi connectivity index (χ4v) is 4.85. The number of hydrogen-bond acceptors (Lipinski definition) is 3. The van der Waals surface area contributed by atoms with Crippen molar-refractivity contribution in [2.24, 2.45) is 0 Å². The highest BCUT2D eigenvalue weighted by Gasteiger charge is 2.49. The van der Waals surface area contributed by atoms with Gasteiger partial charge in [0.2, 0.25) is 0 Å². The molecule has 1 unspecified atom stereocenters. The smallest absolute Gasteiger partial charge is 0.329 e. The minimum Gasteiger partial charge on any atom is -0.479 e. The third-order valence-electron chi connectivity index (χ3n) is 4.92. The summed E-state index contributed by atoms with van der Waals surface area (Å²) in [4.78, 5) is 28.2. The zero-order valence-corrected chi connectivity index (χ0v) is 13.2. The molecular weight excluding hydrogens is 286 g/mol. The molecule has 1 aliphatic heterocycles. The predicted molar refractivity (Wildman–Crippen MR) is 81.9 cm³/mol. The van der Waals surface area contributed by atoms with Gasteiger partial charge in [-0.05, 0) is 56.6 Å². The van der Waals surface area contributed by atoms with Crippen LogP contribution in [0.15, 0.2) is 6.07 Å². The van der Waals surface area contributed by atoms with Crippen LogP contribution in [-0.2, 0) is 17.6 Å². The number of aliphatic carboxylic acids is 1. The molecule has 21 heavy (non-hydrogen) atoms. The van der Waals surface area contributed by atoms with Crippen LogP contribution in [0, 0.1) is 0 Å². The average Bonchev–Trinajstić information content (AvgIpc) is 3.10. The van der Waals surface area contributed by atoms with E-state index in [9.17, 15) is 14.7 Å². The van der Waals surface area contributed by atoms with E-state index in [4.69, 9.17) is 0 Å². The van der Waals surface area contributed by atoms with Gasteiger partial charge in [-0.3, -0.25) is 4.79 Å². The molecule has 1 atom stereocenters. The maximum atomic E-state index is 12.8. The van der Waals surface area contributed by atoms with Gasteiger partial charge in [-0.25, -0.2) is 4.79 Å². The lowest BCUT2D eigenvalue weighted by Gasteiger charge is -2.33. The second-order valence-corrected chi connectivity index (χ2v) is 7.15. The van der Waals surface area contributed by atoms with Crippen LogP contribution < -0.4 is 0 Å². The summed E-state index contributed by atoms with van der Waals surface area (Å²) >= 11 is 1.57. The van der Waals surface area contributed by atoms with Crippen LogP contribution in [0.4, 0.5) is 0 Å². The number of rotatable bonds is 3. The molecule has 2 aliphatic rings. The molecule has 1 saturated heterocycles. The van der Waals surface area contributed by atoms with Gasteiger partial charge in [0.25, 0.3) is 5.91 Å². The standard InChI is InChI=1S/C16H21NO3S/c1-2-16(15(19)20)8-5-9-17(16)14(18)13-10-11-6-3-4-7-12(11)21-13/h10H,2-9H2,1H3,(H,19,20). The van der Waals surface area contributed by atoms with Crippen LogP contribution in [0.2, 0.25) is 0 Å². The maximum absolute atomic E-state index is 12.8. The average molecular weight is 307 g/mol. The van der Waals surface area contributed by atoms with E-state index < -0.39 is 11.5 Å². The number of nitrogens with zero attached hydrogens (tertiary/aromatic N) is 1. The summed E-state index contributed by atoms with van der Waals surface area (Å²) in [6.45, 7) is 2.42. The van der Waals surface area contributed by atoms with Gasteiger partial charge in [0.05, 0.1) is 4.88 Å². The highest BCUT2D eigenvalue weighted by molar-refractivity contribution is 7.14. The molecular formula is C16H21NO3S. The zero-order valence-electron chi connectivity index (χ0n) is 12.4. The number of carbonyl (C=O) groups is 2. The van der Waals surface area contributed by atoms with E-state index >= 15 is 0 Å². The number of fused-ring (bicyclic) bond motifs is 1. The van der Waals surface area contributed by atoms with Crippen molar-refractivity contribution >= 4 is 23.2 Å². The van der Waals surface area contributed by atoms with Crippen LogP contribution in [0.25, 0.3) is 0 Å². The Bertz CT molecular complexity index is 557. The monoisotopic (exact) mass is 307 g/mol. The van der Waals surface area contributed by atoms with E-state index in [0.717, 1.165) is 24.1 Å². The van der Waals surface area contributed by atoms with E-state index in [1.165, 1.54) is 23.3 Å². The van der Waals surface area contributed by atoms with Crippen molar-refractivity contribution in [1.82, 2.24) is 4.90 Å². The quantitative estimate of drug-likeness (QED) is 0.933. The first-order valence-corrected chi connectivity index (χ1v) is 8.57. The molecule has 0 aromatic carbocycles. The third kappa shape index (κ3) is 2.27. The molecule has 0 saturated carbocycles. The van der Waals surface area contributed by atoms with E-state index in [1.807, 2.05) is 13.0 Å². The fraction of sp³-hybridized carbons (Fsp3) is 0.625. The van der Waals surface area contributed by atoms with Crippen LogP contribution in [0.5, 0.6) is 0 Å². The molecule has 1 aromatic heterocycles. The number of carboxylic acid groups (broad SMARTS) is 1. The SMILES string of the molecule is CCC1(C(=O)O)CCCN1C(=O)c1cc2c(s1)CCCC2. The van der Waals surface area contributed by atoms with Crippen LogP contribution in [0.1, 0.15) is 59.1 Å². The molecule has 1 aliphatic carbocycles. The summed E-state index contributed by atoms with van der Waals surface area (Å²) < 4.78 is 0. The Kier molecular flexibility index (Phi) is 3.78. The van der Waals surface area contributed by atoms with Gasteiger partial charge in [-0.1, -0.05) is 6.92 Å². The van der Waals surface area contributed by atoms with E-state index in [-0.39, 0.29) is 5.91 Å². The highest BCUT2D eigenvalue weighted by atomic mass is 32.1. The lowest BCUT2D eigenvalue weighted by atomic mass is 9.93. The van der Waals surface area contributed by atoms with Crippen molar-refractivity contribution in [2.75, 3.05) is 6.54 Å². The molecule has 0 radical (unpaired) electrons. The molecule has 114 valence electrons. The summed E-state index contributed by atoms with van der Waals surface area (Å²) in [6.07, 6.45) is 6.31. The van der Waals surface area contributed by atoms with Crippen molar-refractivity contribution in [3.05, 3.63) is 21.4 Å². The van der Waals surface area contributed by atoms with Gasteiger partial charge in [-0.2, -0.15) is 0 Å². The van der Waals surface area contributed by atoms with Crippen LogP contribution in [0.3, 0.4) is 0 Å². The van der Waals surface area contributed by atoms with E-state index in [2.05, 4.69) is 0 Å². The third-order valence-corrected chi connectivity index (χ3v) is 6.15. The first-order chi connectivity index (χ1) is 10.1.